The zero-order chi connectivity index (χ0) is 13.7. The second kappa shape index (κ2) is 5.72. The Hall–Kier alpha value is -2.76. The molecule has 0 unspecified atom stereocenters. The maximum atomic E-state index is 11.7. The fourth-order valence-electron chi connectivity index (χ4n) is 1.38. The molecule has 1 aromatic heterocycles. The van der Waals surface area contributed by atoms with E-state index in [1.807, 2.05) is 0 Å². The molecule has 1 aromatic carbocycles. The Kier molecular flexibility index (Phi) is 3.82. The highest BCUT2D eigenvalue weighted by Crippen LogP contribution is 2.10. The van der Waals surface area contributed by atoms with Gasteiger partial charge in [-0.05, 0) is 36.8 Å². The van der Waals surface area contributed by atoms with Gasteiger partial charge in [-0.3, -0.25) is 9.78 Å². The molecule has 0 atom stereocenters. The summed E-state index contributed by atoms with van der Waals surface area (Å²) in [4.78, 5) is 19.3. The van der Waals surface area contributed by atoms with Crippen LogP contribution in [-0.2, 0) is 0 Å². The molecule has 1 heterocycles. The van der Waals surface area contributed by atoms with Gasteiger partial charge in [0.05, 0.1) is 11.9 Å². The van der Waals surface area contributed by atoms with E-state index in [4.69, 9.17) is 0 Å². The number of nitrogens with one attached hydrogen (secondary N) is 1. The molecule has 19 heavy (non-hydrogen) atoms. The smallest absolute Gasteiger partial charge is 0.291 e. The van der Waals surface area contributed by atoms with E-state index in [1.54, 1.807) is 31.2 Å². The summed E-state index contributed by atoms with van der Waals surface area (Å²) in [7, 11) is 0. The molecule has 6 nitrogen and oxygen atoms in total. The number of carbonyl (C=O) groups excluding carboxylic acids is 1. The standard InChI is InChI=1S/C13H12N4O2/c1-9(10-2-4-11(18)5-3-10)16-17-13(19)12-8-14-6-7-15-12/h2-8,18H,1H3,(H,17,19). The van der Waals surface area contributed by atoms with Gasteiger partial charge in [-0.15, -0.1) is 0 Å². The Morgan fingerprint density at radius 2 is 2.00 bits per heavy atom. The van der Waals surface area contributed by atoms with Gasteiger partial charge in [0.1, 0.15) is 11.4 Å². The van der Waals surface area contributed by atoms with Crippen LogP contribution in [0.1, 0.15) is 23.0 Å². The highest BCUT2D eigenvalue weighted by Gasteiger charge is 2.05. The van der Waals surface area contributed by atoms with Crippen LogP contribution < -0.4 is 5.43 Å². The zero-order valence-corrected chi connectivity index (χ0v) is 10.2. The highest BCUT2D eigenvalue weighted by atomic mass is 16.3. The Balaban J connectivity index is 2.06. The molecule has 96 valence electrons. The molecule has 0 aliphatic heterocycles. The first kappa shape index (κ1) is 12.7. The summed E-state index contributed by atoms with van der Waals surface area (Å²) in [6.45, 7) is 1.75. The molecule has 2 N–H and O–H groups in total. The topological polar surface area (TPSA) is 87.5 Å². The number of phenolic OH excluding ortho intramolecular Hbond substituents is 1. The van der Waals surface area contributed by atoms with E-state index in [1.165, 1.54) is 18.6 Å². The third-order valence-electron chi connectivity index (χ3n) is 2.41. The van der Waals surface area contributed by atoms with Crippen molar-refractivity contribution in [2.75, 3.05) is 0 Å². The maximum absolute atomic E-state index is 11.7. The summed E-state index contributed by atoms with van der Waals surface area (Å²) in [5, 5.41) is 13.1. The minimum absolute atomic E-state index is 0.181. The van der Waals surface area contributed by atoms with Crippen molar-refractivity contribution >= 4 is 11.6 Å². The van der Waals surface area contributed by atoms with Crippen LogP contribution >= 0.6 is 0 Å². The molecule has 6 heteroatoms. The third kappa shape index (κ3) is 3.35. The fourth-order valence-corrected chi connectivity index (χ4v) is 1.38. The Bertz CT molecular complexity index is 594. The summed E-state index contributed by atoms with van der Waals surface area (Å²) in [6, 6.07) is 6.53. The second-order valence-corrected chi connectivity index (χ2v) is 3.78. The number of hydrogen-bond acceptors (Lipinski definition) is 5. The quantitative estimate of drug-likeness (QED) is 0.640. The average Bonchev–Trinajstić information content (AvgIpc) is 2.46. The van der Waals surface area contributed by atoms with E-state index < -0.39 is 5.91 Å². The lowest BCUT2D eigenvalue weighted by Gasteiger charge is -2.02. The number of amides is 1. The van der Waals surface area contributed by atoms with Gasteiger partial charge in [0, 0.05) is 12.4 Å². The van der Waals surface area contributed by atoms with Gasteiger partial charge in [-0.25, -0.2) is 10.4 Å². The Morgan fingerprint density at radius 1 is 1.26 bits per heavy atom. The van der Waals surface area contributed by atoms with Gasteiger partial charge in [0.15, 0.2) is 0 Å². The third-order valence-corrected chi connectivity index (χ3v) is 2.41. The van der Waals surface area contributed by atoms with Crippen molar-refractivity contribution in [3.63, 3.8) is 0 Å². The first-order valence-corrected chi connectivity index (χ1v) is 5.57. The van der Waals surface area contributed by atoms with Crippen molar-refractivity contribution in [3.05, 3.63) is 54.1 Å². The van der Waals surface area contributed by atoms with E-state index in [-0.39, 0.29) is 11.4 Å². The van der Waals surface area contributed by atoms with Crippen LogP contribution in [0.4, 0.5) is 0 Å². The zero-order valence-electron chi connectivity index (χ0n) is 10.2. The number of aromatic nitrogens is 2. The summed E-state index contributed by atoms with van der Waals surface area (Å²) in [6.07, 6.45) is 4.29. The SMILES string of the molecule is CC(=NNC(=O)c1cnccn1)c1ccc(O)cc1. The monoisotopic (exact) mass is 256 g/mol. The second-order valence-electron chi connectivity index (χ2n) is 3.78. The van der Waals surface area contributed by atoms with E-state index in [2.05, 4.69) is 20.5 Å². The number of rotatable bonds is 3. The number of benzene rings is 1. The molecule has 1 amide bonds. The van der Waals surface area contributed by atoms with Crippen molar-refractivity contribution in [1.82, 2.24) is 15.4 Å². The van der Waals surface area contributed by atoms with Gasteiger partial charge in [-0.2, -0.15) is 5.10 Å². The summed E-state index contributed by atoms with van der Waals surface area (Å²) in [5.74, 6) is -0.244. The first-order valence-electron chi connectivity index (χ1n) is 5.57. The maximum Gasteiger partial charge on any atom is 0.291 e. The highest BCUT2D eigenvalue weighted by molar-refractivity contribution is 6.00. The van der Waals surface area contributed by atoms with Crippen LogP contribution in [0.3, 0.4) is 0 Å². The predicted octanol–water partition coefficient (Wildman–Crippen LogP) is 1.34. The van der Waals surface area contributed by atoms with E-state index in [0.29, 0.717) is 5.71 Å². The number of nitrogens with zero attached hydrogens (tertiary/aromatic N) is 3. The van der Waals surface area contributed by atoms with Crippen LogP contribution in [0.15, 0.2) is 48.0 Å². The molecular formula is C13H12N4O2. The van der Waals surface area contributed by atoms with Crippen LogP contribution in [0.5, 0.6) is 5.75 Å². The number of hydrazone groups is 1. The molecular weight excluding hydrogens is 244 g/mol. The molecule has 0 radical (unpaired) electrons. The van der Waals surface area contributed by atoms with Crippen molar-refractivity contribution in [2.24, 2.45) is 5.10 Å². The van der Waals surface area contributed by atoms with Crippen LogP contribution in [0.25, 0.3) is 0 Å². The van der Waals surface area contributed by atoms with Gasteiger partial charge in [0.25, 0.3) is 5.91 Å². The average molecular weight is 256 g/mol. The van der Waals surface area contributed by atoms with Gasteiger partial charge >= 0.3 is 0 Å². The Morgan fingerprint density at radius 3 is 2.63 bits per heavy atom. The van der Waals surface area contributed by atoms with Gasteiger partial charge < -0.3 is 5.11 Å². The summed E-state index contributed by atoms with van der Waals surface area (Å²) < 4.78 is 0. The minimum Gasteiger partial charge on any atom is -0.508 e. The predicted molar refractivity (Wildman–Crippen MR) is 69.8 cm³/mol. The van der Waals surface area contributed by atoms with E-state index in [0.717, 1.165) is 5.56 Å². The summed E-state index contributed by atoms with van der Waals surface area (Å²) in [5.41, 5.74) is 4.02. The van der Waals surface area contributed by atoms with Crippen molar-refractivity contribution < 1.29 is 9.90 Å². The number of hydrogen-bond donors (Lipinski definition) is 2. The van der Waals surface area contributed by atoms with Crippen molar-refractivity contribution in [3.8, 4) is 5.75 Å². The van der Waals surface area contributed by atoms with Crippen molar-refractivity contribution in [1.29, 1.82) is 0 Å². The molecule has 0 bridgehead atoms. The lowest BCUT2D eigenvalue weighted by molar-refractivity contribution is 0.0949. The number of aromatic hydroxyl groups is 1. The van der Waals surface area contributed by atoms with Gasteiger partial charge in [0.2, 0.25) is 0 Å². The molecule has 2 aromatic rings. The number of carbonyl (C=O) groups is 1. The molecule has 0 fully saturated rings. The van der Waals surface area contributed by atoms with Crippen LogP contribution in [0, 0.1) is 0 Å². The number of phenols is 1. The van der Waals surface area contributed by atoms with Gasteiger partial charge in [-0.1, -0.05) is 0 Å². The van der Waals surface area contributed by atoms with E-state index >= 15 is 0 Å². The molecule has 0 aliphatic rings. The largest absolute Gasteiger partial charge is 0.508 e. The summed E-state index contributed by atoms with van der Waals surface area (Å²) >= 11 is 0. The molecule has 2 rings (SSSR count). The first-order chi connectivity index (χ1) is 9.16. The lowest BCUT2D eigenvalue weighted by atomic mass is 10.1. The minimum atomic E-state index is -0.425. The fraction of sp³-hybridized carbons (Fsp3) is 0.0769. The van der Waals surface area contributed by atoms with Crippen LogP contribution in [0.2, 0.25) is 0 Å². The van der Waals surface area contributed by atoms with Crippen LogP contribution in [-0.4, -0.2) is 26.7 Å². The molecule has 0 saturated carbocycles. The Labute approximate surface area is 109 Å². The molecule has 0 saturated heterocycles. The van der Waals surface area contributed by atoms with E-state index in [9.17, 15) is 9.90 Å². The normalized spacial score (nSPS) is 11.1. The lowest BCUT2D eigenvalue weighted by Crippen LogP contribution is -2.20. The van der Waals surface area contributed by atoms with Crippen molar-refractivity contribution in [2.45, 2.75) is 6.92 Å². The molecule has 0 spiro atoms. The molecule has 0 aliphatic carbocycles.